The zero-order valence-corrected chi connectivity index (χ0v) is 12.3. The highest BCUT2D eigenvalue weighted by Gasteiger charge is 2.14. The molecule has 1 aromatic carbocycles. The van der Waals surface area contributed by atoms with Gasteiger partial charge in [-0.25, -0.2) is 0 Å². The van der Waals surface area contributed by atoms with Crippen LogP contribution in [0.4, 0.5) is 5.69 Å². The number of benzene rings is 1. The van der Waals surface area contributed by atoms with E-state index in [0.29, 0.717) is 0 Å². The van der Waals surface area contributed by atoms with E-state index in [9.17, 15) is 0 Å². The first-order valence-corrected chi connectivity index (χ1v) is 7.89. The van der Waals surface area contributed by atoms with Gasteiger partial charge in [-0.05, 0) is 63.4 Å². The first-order valence-electron chi connectivity index (χ1n) is 7.89. The van der Waals surface area contributed by atoms with Crippen LogP contribution >= 0.6 is 0 Å². The predicted octanol–water partition coefficient (Wildman–Crippen LogP) is 4.00. The van der Waals surface area contributed by atoms with Crippen molar-refractivity contribution in [3.05, 3.63) is 30.3 Å². The van der Waals surface area contributed by atoms with Crippen molar-refractivity contribution in [1.82, 2.24) is 4.90 Å². The van der Waals surface area contributed by atoms with Crippen LogP contribution in [0.1, 0.15) is 39.0 Å². The van der Waals surface area contributed by atoms with E-state index in [1.807, 2.05) is 0 Å². The molecule has 1 heterocycles. The topological polar surface area (TPSA) is 15.3 Å². The largest absolute Gasteiger partial charge is 0.385 e. The Morgan fingerprint density at radius 2 is 2.00 bits per heavy atom. The van der Waals surface area contributed by atoms with E-state index < -0.39 is 0 Å². The average Bonchev–Trinajstić information content (AvgIpc) is 2.70. The Kier molecular flexibility index (Phi) is 6.22. The lowest BCUT2D eigenvalue weighted by Crippen LogP contribution is -2.27. The van der Waals surface area contributed by atoms with E-state index >= 15 is 0 Å². The van der Waals surface area contributed by atoms with Gasteiger partial charge >= 0.3 is 0 Å². The number of hydrogen-bond donors (Lipinski definition) is 1. The van der Waals surface area contributed by atoms with Gasteiger partial charge in [0.1, 0.15) is 0 Å². The summed E-state index contributed by atoms with van der Waals surface area (Å²) >= 11 is 0. The molecule has 0 aliphatic carbocycles. The average molecular weight is 260 g/mol. The summed E-state index contributed by atoms with van der Waals surface area (Å²) in [5, 5.41) is 3.49. The molecule has 1 aliphatic rings. The third-order valence-electron chi connectivity index (χ3n) is 4.27. The van der Waals surface area contributed by atoms with Crippen LogP contribution in [-0.4, -0.2) is 31.1 Å². The Morgan fingerprint density at radius 3 is 2.79 bits per heavy atom. The normalized spacial score (nSPS) is 21.0. The summed E-state index contributed by atoms with van der Waals surface area (Å²) < 4.78 is 0. The highest BCUT2D eigenvalue weighted by atomic mass is 15.1. The standard InChI is InChI=1S/C17H28N2/c1-2-16-8-6-13-19(15-11-16)14-7-12-18-17-9-4-3-5-10-17/h3-5,9-10,16,18H,2,6-8,11-15H2,1H3. The third-order valence-corrected chi connectivity index (χ3v) is 4.27. The van der Waals surface area contributed by atoms with Crippen molar-refractivity contribution in [2.45, 2.75) is 39.0 Å². The van der Waals surface area contributed by atoms with Crippen LogP contribution in [0.25, 0.3) is 0 Å². The van der Waals surface area contributed by atoms with Crippen LogP contribution in [0, 0.1) is 5.92 Å². The minimum atomic E-state index is 0.979. The number of hydrogen-bond acceptors (Lipinski definition) is 2. The van der Waals surface area contributed by atoms with Crippen LogP contribution in [0.15, 0.2) is 30.3 Å². The fourth-order valence-corrected chi connectivity index (χ4v) is 2.95. The molecular weight excluding hydrogens is 232 g/mol. The summed E-state index contributed by atoms with van der Waals surface area (Å²) in [5.74, 6) is 0.979. The fraction of sp³-hybridized carbons (Fsp3) is 0.647. The second-order valence-corrected chi connectivity index (χ2v) is 5.69. The molecule has 0 saturated carbocycles. The van der Waals surface area contributed by atoms with E-state index in [-0.39, 0.29) is 0 Å². The quantitative estimate of drug-likeness (QED) is 0.778. The van der Waals surface area contributed by atoms with Crippen molar-refractivity contribution >= 4 is 5.69 Å². The zero-order chi connectivity index (χ0) is 13.3. The molecule has 2 nitrogen and oxygen atoms in total. The number of likely N-dealkylation sites (tertiary alicyclic amines) is 1. The molecule has 1 aromatic rings. The van der Waals surface area contributed by atoms with Gasteiger partial charge in [0.2, 0.25) is 0 Å². The van der Waals surface area contributed by atoms with Crippen LogP contribution in [0.2, 0.25) is 0 Å². The molecule has 106 valence electrons. The summed E-state index contributed by atoms with van der Waals surface area (Å²) in [6, 6.07) is 10.5. The van der Waals surface area contributed by atoms with E-state index in [1.165, 1.54) is 57.4 Å². The summed E-state index contributed by atoms with van der Waals surface area (Å²) in [5.41, 5.74) is 1.24. The number of para-hydroxylation sites is 1. The monoisotopic (exact) mass is 260 g/mol. The van der Waals surface area contributed by atoms with Crippen LogP contribution in [0.3, 0.4) is 0 Å². The smallest absolute Gasteiger partial charge is 0.0340 e. The molecule has 1 unspecified atom stereocenters. The van der Waals surface area contributed by atoms with Gasteiger partial charge in [0.25, 0.3) is 0 Å². The van der Waals surface area contributed by atoms with Crippen molar-refractivity contribution in [3.63, 3.8) is 0 Å². The molecule has 1 N–H and O–H groups in total. The van der Waals surface area contributed by atoms with Gasteiger partial charge in [0.15, 0.2) is 0 Å². The summed E-state index contributed by atoms with van der Waals surface area (Å²) in [4.78, 5) is 2.66. The molecular formula is C17H28N2. The van der Waals surface area contributed by atoms with Crippen molar-refractivity contribution < 1.29 is 0 Å². The van der Waals surface area contributed by atoms with Gasteiger partial charge in [-0.1, -0.05) is 31.5 Å². The van der Waals surface area contributed by atoms with Crippen LogP contribution in [0.5, 0.6) is 0 Å². The van der Waals surface area contributed by atoms with E-state index in [1.54, 1.807) is 0 Å². The molecule has 0 amide bonds. The summed E-state index contributed by atoms with van der Waals surface area (Å²) in [6.07, 6.45) is 6.84. The van der Waals surface area contributed by atoms with Gasteiger partial charge in [-0.2, -0.15) is 0 Å². The SMILES string of the molecule is CCC1CCCN(CCCNc2ccccc2)CC1. The van der Waals surface area contributed by atoms with E-state index in [4.69, 9.17) is 0 Å². The minimum absolute atomic E-state index is 0.979. The zero-order valence-electron chi connectivity index (χ0n) is 12.3. The Morgan fingerprint density at radius 1 is 1.16 bits per heavy atom. The maximum Gasteiger partial charge on any atom is 0.0340 e. The maximum absolute atomic E-state index is 3.49. The lowest BCUT2D eigenvalue weighted by Gasteiger charge is -2.20. The molecule has 1 saturated heterocycles. The number of nitrogens with one attached hydrogen (secondary N) is 1. The molecule has 1 atom stereocenters. The van der Waals surface area contributed by atoms with Crippen LogP contribution in [-0.2, 0) is 0 Å². The van der Waals surface area contributed by atoms with Crippen LogP contribution < -0.4 is 5.32 Å². The Hall–Kier alpha value is -1.02. The van der Waals surface area contributed by atoms with Crippen molar-refractivity contribution in [2.75, 3.05) is 31.5 Å². The minimum Gasteiger partial charge on any atom is -0.385 e. The van der Waals surface area contributed by atoms with Gasteiger partial charge in [-0.15, -0.1) is 0 Å². The molecule has 2 heteroatoms. The molecule has 2 rings (SSSR count). The predicted molar refractivity (Wildman–Crippen MR) is 83.6 cm³/mol. The Bertz CT molecular complexity index is 336. The highest BCUT2D eigenvalue weighted by Crippen LogP contribution is 2.20. The molecule has 19 heavy (non-hydrogen) atoms. The van der Waals surface area contributed by atoms with E-state index in [0.717, 1.165) is 12.5 Å². The lowest BCUT2D eigenvalue weighted by molar-refractivity contribution is 0.279. The molecule has 1 fully saturated rings. The molecule has 0 spiro atoms. The van der Waals surface area contributed by atoms with Gasteiger partial charge in [0.05, 0.1) is 0 Å². The Labute approximate surface area is 118 Å². The molecule has 0 radical (unpaired) electrons. The second-order valence-electron chi connectivity index (χ2n) is 5.69. The lowest BCUT2D eigenvalue weighted by atomic mass is 9.98. The number of anilines is 1. The highest BCUT2D eigenvalue weighted by molar-refractivity contribution is 5.42. The van der Waals surface area contributed by atoms with Crippen molar-refractivity contribution in [3.8, 4) is 0 Å². The first-order chi connectivity index (χ1) is 9.38. The van der Waals surface area contributed by atoms with Gasteiger partial charge in [0, 0.05) is 12.2 Å². The van der Waals surface area contributed by atoms with Crippen molar-refractivity contribution in [1.29, 1.82) is 0 Å². The van der Waals surface area contributed by atoms with Gasteiger partial charge in [-0.3, -0.25) is 0 Å². The first kappa shape index (κ1) is 14.4. The van der Waals surface area contributed by atoms with E-state index in [2.05, 4.69) is 47.5 Å². The molecule has 0 bridgehead atoms. The second kappa shape index (κ2) is 8.21. The maximum atomic E-state index is 3.49. The fourth-order valence-electron chi connectivity index (χ4n) is 2.95. The van der Waals surface area contributed by atoms with Crippen molar-refractivity contribution in [2.24, 2.45) is 5.92 Å². The third kappa shape index (κ3) is 5.23. The Balaban J connectivity index is 1.60. The molecule has 0 aromatic heterocycles. The number of nitrogens with zero attached hydrogens (tertiary/aromatic N) is 1. The summed E-state index contributed by atoms with van der Waals surface area (Å²) in [7, 11) is 0. The van der Waals surface area contributed by atoms with Gasteiger partial charge < -0.3 is 10.2 Å². The number of rotatable bonds is 6. The molecule has 1 aliphatic heterocycles. The summed E-state index contributed by atoms with van der Waals surface area (Å²) in [6.45, 7) is 7.28.